The molecule has 0 saturated carbocycles. The van der Waals surface area contributed by atoms with E-state index in [1.54, 1.807) is 11.9 Å². The van der Waals surface area contributed by atoms with Gasteiger partial charge in [-0.2, -0.15) is 0 Å². The number of urea groups is 1. The largest absolute Gasteiger partial charge is 0.329 e. The molecule has 2 rings (SSSR count). The number of fused-ring (bicyclic) bond motifs is 1. The molecule has 0 aliphatic heterocycles. The fourth-order valence-corrected chi connectivity index (χ4v) is 1.84. The second-order valence-corrected chi connectivity index (χ2v) is 4.17. The maximum atomic E-state index is 11.9. The van der Waals surface area contributed by atoms with E-state index in [9.17, 15) is 4.79 Å². The predicted octanol–water partition coefficient (Wildman–Crippen LogP) is 2.26. The third kappa shape index (κ3) is 2.60. The summed E-state index contributed by atoms with van der Waals surface area (Å²) in [4.78, 5) is 13.5. The number of likely N-dealkylation sites (N-methyl/N-ethyl adjacent to an activating group) is 1. The van der Waals surface area contributed by atoms with Crippen LogP contribution in [-0.4, -0.2) is 31.1 Å². The summed E-state index contributed by atoms with van der Waals surface area (Å²) in [7, 11) is 1.73. The number of nitrogens with zero attached hydrogens (tertiary/aromatic N) is 1. The Labute approximate surface area is 106 Å². The van der Waals surface area contributed by atoms with Gasteiger partial charge in [-0.1, -0.05) is 36.4 Å². The zero-order valence-electron chi connectivity index (χ0n) is 10.4. The summed E-state index contributed by atoms with van der Waals surface area (Å²) in [6, 6.07) is 13.7. The Kier molecular flexibility index (Phi) is 3.79. The van der Waals surface area contributed by atoms with E-state index in [1.807, 2.05) is 42.5 Å². The summed E-state index contributed by atoms with van der Waals surface area (Å²) in [6.45, 7) is 0.996. The summed E-state index contributed by atoms with van der Waals surface area (Å²) >= 11 is 0. The van der Waals surface area contributed by atoms with Gasteiger partial charge in [0.1, 0.15) is 0 Å². The average molecular weight is 243 g/mol. The number of hydrogen-bond donors (Lipinski definition) is 2. The number of carbonyl (C=O) groups is 1. The van der Waals surface area contributed by atoms with Crippen LogP contribution in [0.2, 0.25) is 0 Å². The van der Waals surface area contributed by atoms with E-state index in [4.69, 9.17) is 5.73 Å². The Morgan fingerprint density at radius 2 is 1.94 bits per heavy atom. The maximum absolute atomic E-state index is 11.9. The predicted molar refractivity (Wildman–Crippen MR) is 74.7 cm³/mol. The SMILES string of the molecule is CN(CCN)C(=O)Nc1cccc2ccccc12. The second-order valence-electron chi connectivity index (χ2n) is 4.17. The van der Waals surface area contributed by atoms with Crippen molar-refractivity contribution in [1.82, 2.24) is 4.90 Å². The molecule has 0 radical (unpaired) electrons. The third-order valence-corrected chi connectivity index (χ3v) is 2.84. The number of nitrogens with two attached hydrogens (primary N) is 1. The van der Waals surface area contributed by atoms with E-state index in [0.717, 1.165) is 16.5 Å². The highest BCUT2D eigenvalue weighted by molar-refractivity contribution is 6.01. The minimum absolute atomic E-state index is 0.142. The molecule has 0 heterocycles. The average Bonchev–Trinajstić information content (AvgIpc) is 2.39. The van der Waals surface area contributed by atoms with Gasteiger partial charge in [-0.3, -0.25) is 0 Å². The monoisotopic (exact) mass is 243 g/mol. The van der Waals surface area contributed by atoms with Gasteiger partial charge in [0.05, 0.1) is 5.69 Å². The molecule has 0 fully saturated rings. The molecule has 2 aromatic carbocycles. The van der Waals surface area contributed by atoms with Crippen LogP contribution in [0.25, 0.3) is 10.8 Å². The Morgan fingerprint density at radius 3 is 2.72 bits per heavy atom. The molecule has 2 aromatic rings. The molecule has 2 amide bonds. The first kappa shape index (κ1) is 12.4. The molecule has 0 unspecified atom stereocenters. The van der Waals surface area contributed by atoms with Gasteiger partial charge in [0.2, 0.25) is 0 Å². The highest BCUT2D eigenvalue weighted by atomic mass is 16.2. The van der Waals surface area contributed by atoms with Crippen molar-refractivity contribution in [1.29, 1.82) is 0 Å². The zero-order chi connectivity index (χ0) is 13.0. The number of anilines is 1. The molecule has 0 aromatic heterocycles. The first-order chi connectivity index (χ1) is 8.72. The molecule has 0 bridgehead atoms. The molecule has 0 saturated heterocycles. The van der Waals surface area contributed by atoms with E-state index in [-0.39, 0.29) is 6.03 Å². The van der Waals surface area contributed by atoms with Crippen LogP contribution in [-0.2, 0) is 0 Å². The number of benzene rings is 2. The van der Waals surface area contributed by atoms with E-state index in [0.29, 0.717) is 13.1 Å². The Morgan fingerprint density at radius 1 is 1.22 bits per heavy atom. The van der Waals surface area contributed by atoms with Gasteiger partial charge >= 0.3 is 6.03 Å². The first-order valence-electron chi connectivity index (χ1n) is 5.92. The number of carbonyl (C=O) groups excluding carboxylic acids is 1. The van der Waals surface area contributed by atoms with Crippen LogP contribution >= 0.6 is 0 Å². The number of hydrogen-bond acceptors (Lipinski definition) is 2. The number of nitrogens with one attached hydrogen (secondary N) is 1. The van der Waals surface area contributed by atoms with Gasteiger partial charge in [0.25, 0.3) is 0 Å². The number of rotatable bonds is 3. The van der Waals surface area contributed by atoms with Crippen LogP contribution in [0.15, 0.2) is 42.5 Å². The van der Waals surface area contributed by atoms with Crippen LogP contribution in [0.5, 0.6) is 0 Å². The van der Waals surface area contributed by atoms with E-state index < -0.39 is 0 Å². The van der Waals surface area contributed by atoms with Gasteiger partial charge < -0.3 is 16.0 Å². The van der Waals surface area contributed by atoms with Crippen molar-refractivity contribution in [3.05, 3.63) is 42.5 Å². The molecule has 0 aliphatic carbocycles. The normalized spacial score (nSPS) is 10.3. The lowest BCUT2D eigenvalue weighted by atomic mass is 10.1. The van der Waals surface area contributed by atoms with Crippen LogP contribution in [0.3, 0.4) is 0 Å². The molecule has 0 spiro atoms. The van der Waals surface area contributed by atoms with Crippen molar-refractivity contribution < 1.29 is 4.79 Å². The molecule has 0 aliphatic rings. The van der Waals surface area contributed by atoms with Crippen molar-refractivity contribution in [2.24, 2.45) is 5.73 Å². The molecule has 94 valence electrons. The molecular weight excluding hydrogens is 226 g/mol. The third-order valence-electron chi connectivity index (χ3n) is 2.84. The summed E-state index contributed by atoms with van der Waals surface area (Å²) in [5.74, 6) is 0. The summed E-state index contributed by atoms with van der Waals surface area (Å²) < 4.78 is 0. The highest BCUT2D eigenvalue weighted by Crippen LogP contribution is 2.22. The highest BCUT2D eigenvalue weighted by Gasteiger charge is 2.09. The Hall–Kier alpha value is -2.07. The summed E-state index contributed by atoms with van der Waals surface area (Å²) in [5.41, 5.74) is 6.25. The zero-order valence-corrected chi connectivity index (χ0v) is 10.4. The summed E-state index contributed by atoms with van der Waals surface area (Å²) in [5, 5.41) is 5.05. The van der Waals surface area contributed by atoms with Crippen molar-refractivity contribution in [2.75, 3.05) is 25.5 Å². The quantitative estimate of drug-likeness (QED) is 0.868. The topological polar surface area (TPSA) is 58.4 Å². The lowest BCUT2D eigenvalue weighted by Gasteiger charge is -2.17. The van der Waals surface area contributed by atoms with Gasteiger partial charge in [-0.05, 0) is 11.5 Å². The fraction of sp³-hybridized carbons (Fsp3) is 0.214. The van der Waals surface area contributed by atoms with E-state index in [2.05, 4.69) is 5.32 Å². The minimum Gasteiger partial charge on any atom is -0.329 e. The molecule has 0 atom stereocenters. The van der Waals surface area contributed by atoms with Crippen molar-refractivity contribution in [3.63, 3.8) is 0 Å². The minimum atomic E-state index is -0.142. The van der Waals surface area contributed by atoms with Crippen LogP contribution < -0.4 is 11.1 Å². The lowest BCUT2D eigenvalue weighted by Crippen LogP contribution is -2.35. The van der Waals surface area contributed by atoms with Gasteiger partial charge in [-0.15, -0.1) is 0 Å². The standard InChI is InChI=1S/C14H17N3O/c1-17(10-9-15)14(18)16-13-8-4-6-11-5-2-3-7-12(11)13/h2-8H,9-10,15H2,1H3,(H,16,18). The van der Waals surface area contributed by atoms with Crippen molar-refractivity contribution in [2.45, 2.75) is 0 Å². The van der Waals surface area contributed by atoms with Crippen LogP contribution in [0.1, 0.15) is 0 Å². The van der Waals surface area contributed by atoms with Gasteiger partial charge in [0, 0.05) is 25.5 Å². The molecule has 4 heteroatoms. The smallest absolute Gasteiger partial charge is 0.321 e. The molecule has 3 N–H and O–H groups in total. The molecular formula is C14H17N3O. The summed E-state index contributed by atoms with van der Waals surface area (Å²) in [6.07, 6.45) is 0. The van der Waals surface area contributed by atoms with E-state index in [1.165, 1.54) is 0 Å². The second kappa shape index (κ2) is 5.51. The maximum Gasteiger partial charge on any atom is 0.321 e. The van der Waals surface area contributed by atoms with Crippen LogP contribution in [0.4, 0.5) is 10.5 Å². The fourth-order valence-electron chi connectivity index (χ4n) is 1.84. The molecule has 18 heavy (non-hydrogen) atoms. The van der Waals surface area contributed by atoms with Gasteiger partial charge in [-0.25, -0.2) is 4.79 Å². The molecule has 4 nitrogen and oxygen atoms in total. The van der Waals surface area contributed by atoms with Crippen molar-refractivity contribution in [3.8, 4) is 0 Å². The Bertz CT molecular complexity index is 548. The van der Waals surface area contributed by atoms with Crippen LogP contribution in [0, 0.1) is 0 Å². The Balaban J connectivity index is 2.24. The van der Waals surface area contributed by atoms with E-state index >= 15 is 0 Å². The van der Waals surface area contributed by atoms with Gasteiger partial charge in [0.15, 0.2) is 0 Å². The lowest BCUT2D eigenvalue weighted by molar-refractivity contribution is 0.223. The number of amides is 2. The first-order valence-corrected chi connectivity index (χ1v) is 5.92. The van der Waals surface area contributed by atoms with Crippen molar-refractivity contribution >= 4 is 22.5 Å².